The highest BCUT2D eigenvalue weighted by molar-refractivity contribution is 5.86. The quantitative estimate of drug-likeness (QED) is 0.767. The summed E-state index contributed by atoms with van der Waals surface area (Å²) >= 11 is 0. The fourth-order valence-electron chi connectivity index (χ4n) is 2.80. The van der Waals surface area contributed by atoms with Gasteiger partial charge in [0.2, 0.25) is 5.91 Å². The van der Waals surface area contributed by atoms with Crippen LogP contribution in [0.5, 0.6) is 0 Å². The molecule has 2 aliphatic rings. The van der Waals surface area contributed by atoms with E-state index in [1.807, 2.05) is 7.05 Å². The number of amides is 2. The van der Waals surface area contributed by atoms with Gasteiger partial charge >= 0.3 is 6.09 Å². The Morgan fingerprint density at radius 2 is 2.16 bits per heavy atom. The number of carbonyl (C=O) groups excluding carboxylic acids is 1. The maximum Gasteiger partial charge on any atom is 0.408 e. The number of carbonyl (C=O) groups is 2. The molecule has 2 fully saturated rings. The van der Waals surface area contributed by atoms with E-state index in [4.69, 9.17) is 5.11 Å². The molecule has 0 aromatic heterocycles. The van der Waals surface area contributed by atoms with E-state index in [2.05, 4.69) is 10.2 Å². The molecule has 2 rings (SSSR count). The second-order valence-corrected chi connectivity index (χ2v) is 5.45. The van der Waals surface area contributed by atoms with E-state index in [0.717, 1.165) is 24.4 Å². The highest BCUT2D eigenvalue weighted by Crippen LogP contribution is 2.21. The van der Waals surface area contributed by atoms with Gasteiger partial charge in [0.1, 0.15) is 12.2 Å². The lowest BCUT2D eigenvalue weighted by Crippen LogP contribution is -2.46. The van der Waals surface area contributed by atoms with Crippen LogP contribution in [0.3, 0.4) is 0 Å². The molecule has 19 heavy (non-hydrogen) atoms. The van der Waals surface area contributed by atoms with Crippen LogP contribution in [-0.2, 0) is 4.79 Å². The lowest BCUT2D eigenvalue weighted by molar-refractivity contribution is -0.125. The average Bonchev–Trinajstić information content (AvgIpc) is 2.92. The van der Waals surface area contributed by atoms with Gasteiger partial charge in [-0.25, -0.2) is 9.18 Å². The molecule has 2 saturated heterocycles. The van der Waals surface area contributed by atoms with Gasteiger partial charge < -0.3 is 15.3 Å². The van der Waals surface area contributed by atoms with Crippen LogP contribution in [0.2, 0.25) is 0 Å². The Bertz CT molecular complexity index is 366. The fourth-order valence-corrected chi connectivity index (χ4v) is 2.80. The highest BCUT2D eigenvalue weighted by Gasteiger charge is 2.40. The predicted molar refractivity (Wildman–Crippen MR) is 66.6 cm³/mol. The summed E-state index contributed by atoms with van der Waals surface area (Å²) in [6.45, 7) is 2.26. The molecular weight excluding hydrogens is 253 g/mol. The minimum atomic E-state index is -1.25. The van der Waals surface area contributed by atoms with Crippen LogP contribution in [0.25, 0.3) is 0 Å². The smallest absolute Gasteiger partial charge is 0.408 e. The number of likely N-dealkylation sites (tertiary alicyclic amines) is 2. The number of nitrogens with one attached hydrogen (secondary N) is 1. The Balaban J connectivity index is 1.83. The molecule has 0 bridgehead atoms. The van der Waals surface area contributed by atoms with Gasteiger partial charge in [0, 0.05) is 19.5 Å². The van der Waals surface area contributed by atoms with Crippen molar-refractivity contribution in [1.82, 2.24) is 15.1 Å². The van der Waals surface area contributed by atoms with Gasteiger partial charge in [-0.1, -0.05) is 0 Å². The van der Waals surface area contributed by atoms with Gasteiger partial charge in [0.05, 0.1) is 6.54 Å². The van der Waals surface area contributed by atoms with Crippen molar-refractivity contribution in [3.05, 3.63) is 0 Å². The molecule has 0 aromatic rings. The molecule has 0 aromatic carbocycles. The van der Waals surface area contributed by atoms with E-state index >= 15 is 0 Å². The Labute approximate surface area is 111 Å². The lowest BCUT2D eigenvalue weighted by Gasteiger charge is -2.21. The lowest BCUT2D eigenvalue weighted by atomic mass is 10.1. The van der Waals surface area contributed by atoms with Crippen molar-refractivity contribution in [3.8, 4) is 0 Å². The number of rotatable bonds is 3. The molecule has 0 aliphatic carbocycles. The molecule has 3 atom stereocenters. The zero-order chi connectivity index (χ0) is 14.0. The van der Waals surface area contributed by atoms with Crippen molar-refractivity contribution >= 4 is 12.0 Å². The molecule has 108 valence electrons. The molecule has 2 N–H and O–H groups in total. The standard InChI is InChI=1S/C12H20FN3O3/c1-15-3-2-8(6-15)5-14-11(17)10-4-9(13)7-16(10)12(18)19/h8-10H,2-7H2,1H3,(H,14,17)(H,18,19)/t8?,9-,10+/m1/s1. The highest BCUT2D eigenvalue weighted by atomic mass is 19.1. The third-order valence-electron chi connectivity index (χ3n) is 3.85. The van der Waals surface area contributed by atoms with Gasteiger partial charge in [-0.3, -0.25) is 9.69 Å². The largest absolute Gasteiger partial charge is 0.465 e. The second kappa shape index (κ2) is 5.73. The average molecular weight is 273 g/mol. The number of nitrogens with zero attached hydrogens (tertiary/aromatic N) is 2. The second-order valence-electron chi connectivity index (χ2n) is 5.45. The third-order valence-corrected chi connectivity index (χ3v) is 3.85. The Hall–Kier alpha value is -1.37. The molecule has 0 saturated carbocycles. The van der Waals surface area contributed by atoms with E-state index in [9.17, 15) is 14.0 Å². The van der Waals surface area contributed by atoms with Crippen LogP contribution in [0.1, 0.15) is 12.8 Å². The summed E-state index contributed by atoms with van der Waals surface area (Å²) in [5, 5.41) is 11.7. The maximum atomic E-state index is 13.2. The monoisotopic (exact) mass is 273 g/mol. The van der Waals surface area contributed by atoms with E-state index in [0.29, 0.717) is 12.5 Å². The summed E-state index contributed by atoms with van der Waals surface area (Å²) in [6, 6.07) is -0.883. The molecule has 2 heterocycles. The van der Waals surface area contributed by atoms with Crippen LogP contribution in [-0.4, -0.2) is 72.3 Å². The molecule has 0 radical (unpaired) electrons. The van der Waals surface area contributed by atoms with Crippen molar-refractivity contribution < 1.29 is 19.1 Å². The van der Waals surface area contributed by atoms with Crippen molar-refractivity contribution in [2.45, 2.75) is 25.1 Å². The number of hydrogen-bond acceptors (Lipinski definition) is 3. The maximum absolute atomic E-state index is 13.2. The molecule has 1 unspecified atom stereocenters. The minimum Gasteiger partial charge on any atom is -0.465 e. The van der Waals surface area contributed by atoms with Crippen LogP contribution < -0.4 is 5.32 Å². The molecule has 2 amide bonds. The Morgan fingerprint density at radius 3 is 2.74 bits per heavy atom. The van der Waals surface area contributed by atoms with E-state index < -0.39 is 18.3 Å². The number of alkyl halides is 1. The Morgan fingerprint density at radius 1 is 1.42 bits per heavy atom. The number of carboxylic acid groups (broad SMARTS) is 1. The first-order chi connectivity index (χ1) is 8.97. The van der Waals surface area contributed by atoms with E-state index in [1.54, 1.807) is 0 Å². The molecule has 7 heteroatoms. The zero-order valence-corrected chi connectivity index (χ0v) is 11.0. The van der Waals surface area contributed by atoms with Gasteiger partial charge in [0.15, 0.2) is 0 Å². The van der Waals surface area contributed by atoms with Gasteiger partial charge in [-0.2, -0.15) is 0 Å². The summed E-state index contributed by atoms with van der Waals surface area (Å²) in [4.78, 5) is 26.0. The zero-order valence-electron chi connectivity index (χ0n) is 11.0. The molecule has 2 aliphatic heterocycles. The summed E-state index contributed by atoms with van der Waals surface area (Å²) < 4.78 is 13.2. The Kier molecular flexibility index (Phi) is 4.24. The first-order valence-electron chi connectivity index (χ1n) is 6.57. The van der Waals surface area contributed by atoms with Crippen molar-refractivity contribution in [1.29, 1.82) is 0 Å². The van der Waals surface area contributed by atoms with Gasteiger partial charge in [-0.05, 0) is 25.9 Å². The number of hydrogen-bond donors (Lipinski definition) is 2. The van der Waals surface area contributed by atoms with Crippen molar-refractivity contribution in [2.24, 2.45) is 5.92 Å². The predicted octanol–water partition coefficient (Wildman–Crippen LogP) is 0.145. The normalized spacial score (nSPS) is 31.7. The van der Waals surface area contributed by atoms with Crippen LogP contribution >= 0.6 is 0 Å². The first kappa shape index (κ1) is 14.0. The summed E-state index contributed by atoms with van der Waals surface area (Å²) in [5.41, 5.74) is 0. The van der Waals surface area contributed by atoms with Crippen molar-refractivity contribution in [3.63, 3.8) is 0 Å². The number of halogens is 1. The van der Waals surface area contributed by atoms with Crippen molar-refractivity contribution in [2.75, 3.05) is 33.2 Å². The van der Waals surface area contributed by atoms with E-state index in [1.165, 1.54) is 0 Å². The minimum absolute atomic E-state index is 0.0390. The first-order valence-corrected chi connectivity index (χ1v) is 6.57. The summed E-state index contributed by atoms with van der Waals surface area (Å²) in [6.07, 6.45) is -1.50. The van der Waals surface area contributed by atoms with Gasteiger partial charge in [-0.15, -0.1) is 0 Å². The summed E-state index contributed by atoms with van der Waals surface area (Å²) in [5.74, 6) is 0.0203. The third kappa shape index (κ3) is 3.34. The van der Waals surface area contributed by atoms with Crippen LogP contribution in [0.4, 0.5) is 9.18 Å². The van der Waals surface area contributed by atoms with Gasteiger partial charge in [0.25, 0.3) is 0 Å². The molecule has 0 spiro atoms. The SMILES string of the molecule is CN1CCC(CNC(=O)[C@@H]2C[C@@H](F)CN2C(=O)O)C1. The van der Waals surface area contributed by atoms with Crippen LogP contribution in [0, 0.1) is 5.92 Å². The summed E-state index contributed by atoms with van der Waals surface area (Å²) in [7, 11) is 2.03. The topological polar surface area (TPSA) is 72.9 Å². The van der Waals surface area contributed by atoms with E-state index in [-0.39, 0.29) is 18.9 Å². The molecular formula is C12H20FN3O3. The van der Waals surface area contributed by atoms with Crippen LogP contribution in [0.15, 0.2) is 0 Å². The molecule has 6 nitrogen and oxygen atoms in total. The fraction of sp³-hybridized carbons (Fsp3) is 0.833.